The first-order chi connectivity index (χ1) is 12.5. The topological polar surface area (TPSA) is 29.5 Å². The van der Waals surface area contributed by atoms with Gasteiger partial charge in [-0.25, -0.2) is 13.2 Å². The van der Waals surface area contributed by atoms with E-state index < -0.39 is 17.5 Å². The first-order valence-corrected chi connectivity index (χ1v) is 8.65. The molecule has 2 aromatic rings. The lowest BCUT2D eigenvalue weighted by atomic mass is 9.93. The van der Waals surface area contributed by atoms with Crippen LogP contribution in [0, 0.1) is 23.4 Å². The maximum absolute atomic E-state index is 13.8. The van der Waals surface area contributed by atoms with E-state index in [1.165, 1.54) is 18.2 Å². The number of amides is 1. The molecule has 1 saturated heterocycles. The number of nitrogens with zero attached hydrogens (tertiary/aromatic N) is 1. The Bertz CT molecular complexity index is 773. The lowest BCUT2D eigenvalue weighted by molar-refractivity contribution is 0.0675. The fourth-order valence-corrected chi connectivity index (χ4v) is 3.16. The summed E-state index contributed by atoms with van der Waals surface area (Å²) >= 11 is 0. The second-order valence-electron chi connectivity index (χ2n) is 6.45. The number of halogens is 3. The molecule has 26 heavy (non-hydrogen) atoms. The number of rotatable bonds is 5. The van der Waals surface area contributed by atoms with E-state index in [1.54, 1.807) is 17.0 Å². The van der Waals surface area contributed by atoms with Gasteiger partial charge in [0.1, 0.15) is 23.2 Å². The Morgan fingerprint density at radius 2 is 1.77 bits per heavy atom. The van der Waals surface area contributed by atoms with E-state index >= 15 is 0 Å². The van der Waals surface area contributed by atoms with Gasteiger partial charge in [0.2, 0.25) is 0 Å². The molecule has 1 amide bonds. The van der Waals surface area contributed by atoms with Crippen LogP contribution in [-0.2, 0) is 0 Å². The third-order valence-electron chi connectivity index (χ3n) is 4.65. The summed E-state index contributed by atoms with van der Waals surface area (Å²) in [6, 6.07) is 9.02. The minimum Gasteiger partial charge on any atom is -0.493 e. The van der Waals surface area contributed by atoms with E-state index in [4.69, 9.17) is 4.74 Å². The lowest BCUT2D eigenvalue weighted by Gasteiger charge is -2.32. The molecule has 0 unspecified atom stereocenters. The van der Waals surface area contributed by atoms with Gasteiger partial charge < -0.3 is 9.64 Å². The molecule has 3 nitrogen and oxygen atoms in total. The van der Waals surface area contributed by atoms with E-state index in [0.29, 0.717) is 31.4 Å². The summed E-state index contributed by atoms with van der Waals surface area (Å²) in [7, 11) is 0. The molecule has 1 aliphatic rings. The molecule has 2 aromatic carbocycles. The highest BCUT2D eigenvalue weighted by atomic mass is 19.1. The van der Waals surface area contributed by atoms with E-state index in [-0.39, 0.29) is 11.4 Å². The number of likely N-dealkylation sites (tertiary alicyclic amines) is 1. The van der Waals surface area contributed by atoms with Crippen molar-refractivity contribution in [2.45, 2.75) is 19.3 Å². The quantitative estimate of drug-likeness (QED) is 0.787. The highest BCUT2D eigenvalue weighted by Gasteiger charge is 2.25. The van der Waals surface area contributed by atoms with E-state index in [9.17, 15) is 18.0 Å². The van der Waals surface area contributed by atoms with Crippen molar-refractivity contribution in [1.29, 1.82) is 0 Å². The summed E-state index contributed by atoms with van der Waals surface area (Å²) in [6.45, 7) is 1.54. The largest absolute Gasteiger partial charge is 0.493 e. The molecule has 3 rings (SSSR count). The van der Waals surface area contributed by atoms with Gasteiger partial charge in [0.25, 0.3) is 5.91 Å². The number of hydrogen-bond donors (Lipinski definition) is 0. The van der Waals surface area contributed by atoms with Gasteiger partial charge in [0, 0.05) is 25.2 Å². The van der Waals surface area contributed by atoms with Gasteiger partial charge in [0.15, 0.2) is 0 Å². The van der Waals surface area contributed by atoms with Crippen LogP contribution in [0.3, 0.4) is 0 Å². The fourth-order valence-electron chi connectivity index (χ4n) is 3.16. The van der Waals surface area contributed by atoms with Crippen LogP contribution >= 0.6 is 0 Å². The van der Waals surface area contributed by atoms with Gasteiger partial charge in [-0.3, -0.25) is 4.79 Å². The molecule has 6 heteroatoms. The minimum atomic E-state index is -0.833. The van der Waals surface area contributed by atoms with Crippen LogP contribution < -0.4 is 4.74 Å². The zero-order valence-corrected chi connectivity index (χ0v) is 14.3. The monoisotopic (exact) mass is 363 g/mol. The van der Waals surface area contributed by atoms with E-state index in [1.807, 2.05) is 0 Å². The first-order valence-electron chi connectivity index (χ1n) is 8.65. The number of benzene rings is 2. The lowest BCUT2D eigenvalue weighted by Crippen LogP contribution is -2.39. The minimum absolute atomic E-state index is 0.0979. The molecule has 138 valence electrons. The predicted molar refractivity (Wildman–Crippen MR) is 91.5 cm³/mol. The van der Waals surface area contributed by atoms with Gasteiger partial charge in [-0.05, 0) is 49.4 Å². The number of hydrogen-bond acceptors (Lipinski definition) is 2. The number of carbonyl (C=O) groups excluding carboxylic acids is 1. The fraction of sp³-hybridized carbons (Fsp3) is 0.350. The Morgan fingerprint density at radius 3 is 2.46 bits per heavy atom. The molecule has 0 saturated carbocycles. The molecule has 0 radical (unpaired) electrons. The Labute approximate surface area is 150 Å². The molecule has 0 spiro atoms. The smallest absolute Gasteiger partial charge is 0.256 e. The number of piperidine rings is 1. The van der Waals surface area contributed by atoms with Crippen LogP contribution in [0.1, 0.15) is 29.6 Å². The standard InChI is InChI=1S/C20H20F3NO2/c21-15-2-1-3-17(12-15)26-11-8-14-6-9-24(10-7-14)20(25)18-5-4-16(22)13-19(18)23/h1-5,12-14H,6-11H2. The first kappa shape index (κ1) is 18.3. The SMILES string of the molecule is O=C(c1ccc(F)cc1F)N1CCC(CCOc2cccc(F)c2)CC1. The maximum atomic E-state index is 13.8. The van der Waals surface area contributed by atoms with Crippen LogP contribution in [0.15, 0.2) is 42.5 Å². The van der Waals surface area contributed by atoms with Crippen molar-refractivity contribution in [3.63, 3.8) is 0 Å². The van der Waals surface area contributed by atoms with Crippen LogP contribution in [0.25, 0.3) is 0 Å². The molecular formula is C20H20F3NO2. The summed E-state index contributed by atoms with van der Waals surface area (Å²) in [5.41, 5.74) is -0.0979. The van der Waals surface area contributed by atoms with Crippen molar-refractivity contribution in [3.05, 3.63) is 65.5 Å². The van der Waals surface area contributed by atoms with Crippen LogP contribution in [0.2, 0.25) is 0 Å². The second kappa shape index (κ2) is 8.25. The number of carbonyl (C=O) groups is 1. The van der Waals surface area contributed by atoms with Crippen LogP contribution in [-0.4, -0.2) is 30.5 Å². The normalized spacial score (nSPS) is 15.1. The van der Waals surface area contributed by atoms with Gasteiger partial charge >= 0.3 is 0 Å². The van der Waals surface area contributed by atoms with Crippen molar-refractivity contribution in [2.24, 2.45) is 5.92 Å². The third-order valence-corrected chi connectivity index (χ3v) is 4.65. The van der Waals surface area contributed by atoms with Crippen molar-refractivity contribution in [2.75, 3.05) is 19.7 Å². The molecule has 1 heterocycles. The Kier molecular flexibility index (Phi) is 5.81. The predicted octanol–water partition coefficient (Wildman–Crippen LogP) is 4.43. The molecule has 1 fully saturated rings. The van der Waals surface area contributed by atoms with E-state index in [0.717, 1.165) is 31.4 Å². The average Bonchev–Trinajstić information content (AvgIpc) is 2.62. The summed E-state index contributed by atoms with van der Waals surface area (Å²) < 4.78 is 45.4. The Hall–Kier alpha value is -2.50. The highest BCUT2D eigenvalue weighted by Crippen LogP contribution is 2.23. The van der Waals surface area contributed by atoms with Crippen molar-refractivity contribution in [3.8, 4) is 5.75 Å². The van der Waals surface area contributed by atoms with Gasteiger partial charge in [-0.15, -0.1) is 0 Å². The highest BCUT2D eigenvalue weighted by molar-refractivity contribution is 5.94. The molecular weight excluding hydrogens is 343 g/mol. The molecule has 0 atom stereocenters. The zero-order valence-electron chi connectivity index (χ0n) is 14.3. The van der Waals surface area contributed by atoms with Crippen molar-refractivity contribution >= 4 is 5.91 Å². The van der Waals surface area contributed by atoms with Crippen LogP contribution in [0.4, 0.5) is 13.2 Å². The summed E-state index contributed by atoms with van der Waals surface area (Å²) in [6.07, 6.45) is 2.39. The Morgan fingerprint density at radius 1 is 1.04 bits per heavy atom. The Balaban J connectivity index is 1.46. The molecule has 0 N–H and O–H groups in total. The molecule has 0 aromatic heterocycles. The van der Waals surface area contributed by atoms with Crippen LogP contribution in [0.5, 0.6) is 5.75 Å². The maximum Gasteiger partial charge on any atom is 0.256 e. The van der Waals surface area contributed by atoms with E-state index in [2.05, 4.69) is 0 Å². The molecule has 0 aliphatic carbocycles. The third kappa shape index (κ3) is 4.56. The van der Waals surface area contributed by atoms with Crippen molar-refractivity contribution < 1.29 is 22.7 Å². The summed E-state index contributed by atoms with van der Waals surface area (Å²) in [5, 5.41) is 0. The molecule has 0 bridgehead atoms. The molecule has 1 aliphatic heterocycles. The average molecular weight is 363 g/mol. The summed E-state index contributed by atoms with van der Waals surface area (Å²) in [5.74, 6) is -1.37. The van der Waals surface area contributed by atoms with Gasteiger partial charge in [0.05, 0.1) is 12.2 Å². The number of ether oxygens (including phenoxy) is 1. The second-order valence-corrected chi connectivity index (χ2v) is 6.45. The summed E-state index contributed by atoms with van der Waals surface area (Å²) in [4.78, 5) is 14.0. The van der Waals surface area contributed by atoms with Crippen molar-refractivity contribution in [1.82, 2.24) is 4.90 Å². The van der Waals surface area contributed by atoms with Gasteiger partial charge in [-0.2, -0.15) is 0 Å². The zero-order chi connectivity index (χ0) is 18.5. The van der Waals surface area contributed by atoms with Gasteiger partial charge in [-0.1, -0.05) is 6.07 Å².